The molecular formula is C38H56Cl2N3O9P. The molecule has 0 saturated carbocycles. The predicted molar refractivity (Wildman–Crippen MR) is 209 cm³/mol. The lowest BCUT2D eigenvalue weighted by Crippen LogP contribution is -2.34. The summed E-state index contributed by atoms with van der Waals surface area (Å²) in [5, 5.41) is -0.590. The SMILES string of the molecule is CCN(CC)C(=O)/C(Cl)=C(\C)OP(=O)(OCCOC(COc1ccccc1CCc1cccc(OC)c1)CN(C)C)O/C(C)=C(\Cl)C(=O)N(CC)CC. The zero-order valence-electron chi connectivity index (χ0n) is 32.5. The fourth-order valence-electron chi connectivity index (χ4n) is 5.15. The van der Waals surface area contributed by atoms with E-state index < -0.39 is 25.7 Å². The highest BCUT2D eigenvalue weighted by molar-refractivity contribution is 7.48. The molecule has 296 valence electrons. The van der Waals surface area contributed by atoms with Gasteiger partial charge >= 0.3 is 7.82 Å². The smallest absolute Gasteiger partial charge is 0.497 e. The van der Waals surface area contributed by atoms with Crippen molar-refractivity contribution >= 4 is 42.8 Å². The highest BCUT2D eigenvalue weighted by atomic mass is 35.5. The summed E-state index contributed by atoms with van der Waals surface area (Å²) in [6, 6.07) is 15.9. The first-order valence-corrected chi connectivity index (χ1v) is 20.0. The fraction of sp³-hybridized carbons (Fsp3) is 0.526. The Morgan fingerprint density at radius 1 is 0.792 bits per heavy atom. The molecule has 0 heterocycles. The molecule has 0 aliphatic rings. The number of benzene rings is 2. The molecule has 0 spiro atoms. The number of rotatable bonds is 24. The number of halogens is 2. The van der Waals surface area contributed by atoms with Crippen LogP contribution in [0.3, 0.4) is 0 Å². The zero-order valence-corrected chi connectivity index (χ0v) is 34.9. The van der Waals surface area contributed by atoms with Crippen LogP contribution in [0.15, 0.2) is 70.1 Å². The van der Waals surface area contributed by atoms with Gasteiger partial charge in [-0.15, -0.1) is 0 Å². The van der Waals surface area contributed by atoms with E-state index in [0.29, 0.717) is 32.7 Å². The maximum Gasteiger partial charge on any atom is 0.587 e. The Hall–Kier alpha value is -3.25. The molecule has 0 N–H and O–H groups in total. The molecule has 1 atom stereocenters. The number of allylic oxidation sites excluding steroid dienone is 2. The third-order valence-corrected chi connectivity index (χ3v) is 10.4. The largest absolute Gasteiger partial charge is 0.587 e. The van der Waals surface area contributed by atoms with E-state index in [2.05, 4.69) is 6.07 Å². The highest BCUT2D eigenvalue weighted by Crippen LogP contribution is 2.54. The summed E-state index contributed by atoms with van der Waals surface area (Å²) in [5.74, 6) is 0.170. The highest BCUT2D eigenvalue weighted by Gasteiger charge is 2.34. The number of para-hydroxylation sites is 1. The Bertz CT molecular complexity index is 1530. The van der Waals surface area contributed by atoms with E-state index in [-0.39, 0.29) is 41.4 Å². The molecule has 0 radical (unpaired) electrons. The molecular weight excluding hydrogens is 744 g/mol. The second-order valence-corrected chi connectivity index (χ2v) is 14.5. The number of carbonyl (C=O) groups excluding carboxylic acids is 2. The van der Waals surface area contributed by atoms with Crippen LogP contribution in [0.5, 0.6) is 11.5 Å². The molecule has 2 aromatic rings. The van der Waals surface area contributed by atoms with Crippen molar-refractivity contribution in [1.82, 2.24) is 14.7 Å². The number of nitrogens with zero attached hydrogens (tertiary/aromatic N) is 3. The summed E-state index contributed by atoms with van der Waals surface area (Å²) in [4.78, 5) is 30.7. The monoisotopic (exact) mass is 799 g/mol. The molecule has 1 unspecified atom stereocenters. The molecule has 15 heteroatoms. The molecule has 2 amide bonds. The van der Waals surface area contributed by atoms with E-state index in [4.69, 9.17) is 51.0 Å². The van der Waals surface area contributed by atoms with Gasteiger partial charge in [0.25, 0.3) is 11.8 Å². The second kappa shape index (κ2) is 23.5. The van der Waals surface area contributed by atoms with Crippen molar-refractivity contribution < 1.29 is 41.9 Å². The van der Waals surface area contributed by atoms with E-state index in [9.17, 15) is 14.2 Å². The maximum atomic E-state index is 14.1. The summed E-state index contributed by atoms with van der Waals surface area (Å²) in [5.41, 5.74) is 2.21. The fourth-order valence-corrected chi connectivity index (χ4v) is 6.87. The topological polar surface area (TPSA) is 116 Å². The van der Waals surface area contributed by atoms with Crippen molar-refractivity contribution in [2.24, 2.45) is 0 Å². The van der Waals surface area contributed by atoms with E-state index in [1.807, 2.05) is 61.5 Å². The number of ether oxygens (including phenoxy) is 3. The third-order valence-electron chi connectivity index (χ3n) is 8.06. The van der Waals surface area contributed by atoms with Crippen LogP contribution >= 0.6 is 31.0 Å². The number of aryl methyl sites for hydroxylation is 2. The van der Waals surface area contributed by atoms with E-state index >= 15 is 0 Å². The molecule has 2 rings (SSSR count). The Morgan fingerprint density at radius 2 is 1.36 bits per heavy atom. The lowest BCUT2D eigenvalue weighted by molar-refractivity contribution is -0.127. The van der Waals surface area contributed by atoms with Gasteiger partial charge in [-0.2, -0.15) is 0 Å². The average molecular weight is 801 g/mol. The van der Waals surface area contributed by atoms with E-state index in [1.165, 1.54) is 23.6 Å². The van der Waals surface area contributed by atoms with E-state index in [1.54, 1.807) is 34.8 Å². The Balaban J connectivity index is 2.20. The first kappa shape index (κ1) is 45.9. The zero-order chi connectivity index (χ0) is 39.6. The van der Waals surface area contributed by atoms with Crippen LogP contribution < -0.4 is 9.47 Å². The van der Waals surface area contributed by atoms with Gasteiger partial charge in [0.15, 0.2) is 0 Å². The molecule has 53 heavy (non-hydrogen) atoms. The summed E-state index contributed by atoms with van der Waals surface area (Å²) in [7, 11) is 0.925. The summed E-state index contributed by atoms with van der Waals surface area (Å²) >= 11 is 12.7. The quantitative estimate of drug-likeness (QED) is 0.0454. The first-order chi connectivity index (χ1) is 25.2. The minimum atomic E-state index is -4.56. The number of carbonyl (C=O) groups is 2. The van der Waals surface area contributed by atoms with Gasteiger partial charge < -0.3 is 38.0 Å². The molecule has 0 aliphatic heterocycles. The molecule has 0 saturated heterocycles. The van der Waals surface area contributed by atoms with Crippen LogP contribution in [-0.2, 0) is 45.3 Å². The Labute approximate surface area is 325 Å². The first-order valence-electron chi connectivity index (χ1n) is 17.8. The molecule has 12 nitrogen and oxygen atoms in total. The van der Waals surface area contributed by atoms with Gasteiger partial charge in [0.2, 0.25) is 0 Å². The summed E-state index contributed by atoms with van der Waals surface area (Å²) in [6.07, 6.45) is 1.18. The normalized spacial score (nSPS) is 13.1. The number of phosphoric acid groups is 1. The van der Waals surface area contributed by atoms with Gasteiger partial charge in [-0.05, 0) is 97.8 Å². The average Bonchev–Trinajstić information content (AvgIpc) is 3.14. The van der Waals surface area contributed by atoms with Gasteiger partial charge in [-0.3, -0.25) is 14.1 Å². The van der Waals surface area contributed by atoms with Gasteiger partial charge in [0.05, 0.1) is 20.3 Å². The number of hydrogen-bond donors (Lipinski definition) is 0. The van der Waals surface area contributed by atoms with E-state index in [0.717, 1.165) is 35.5 Å². The summed E-state index contributed by atoms with van der Waals surface area (Å²) in [6.45, 7) is 12.1. The Kier molecular flexibility index (Phi) is 20.4. The third kappa shape index (κ3) is 15.2. The molecule has 0 fully saturated rings. The van der Waals surface area contributed by atoms with Gasteiger partial charge in [-0.1, -0.05) is 53.5 Å². The van der Waals surface area contributed by atoms with Crippen molar-refractivity contribution in [2.75, 3.05) is 73.7 Å². The standard InChI is InChI=1S/C38H56Cl2N3O9P/c1-10-42(11-2)37(44)35(39)28(5)51-53(46,52-29(6)36(40)38(45)43(12-3)13-4)50-24-23-48-33(26-41(7)8)27-49-34-20-15-14-18-31(34)22-21-30-17-16-19-32(25-30)47-9/h14-20,25,33H,10-13,21-24,26-27H2,1-9H3/b35-28-,36-29-. The van der Waals surface area contributed by atoms with Gasteiger partial charge in [0.1, 0.15) is 45.8 Å². The van der Waals surface area contributed by atoms with Gasteiger partial charge in [0, 0.05) is 32.7 Å². The number of methoxy groups -OCH3 is 1. The molecule has 0 aromatic heterocycles. The number of amides is 2. The van der Waals surface area contributed by atoms with Crippen molar-refractivity contribution in [1.29, 1.82) is 0 Å². The van der Waals surface area contributed by atoms with Crippen LogP contribution in [0.4, 0.5) is 0 Å². The van der Waals surface area contributed by atoms with Crippen molar-refractivity contribution in [3.05, 3.63) is 81.2 Å². The van der Waals surface area contributed by atoms with Crippen LogP contribution in [0.25, 0.3) is 0 Å². The minimum absolute atomic E-state index is 0.0280. The van der Waals surface area contributed by atoms with Crippen molar-refractivity contribution in [2.45, 2.75) is 60.5 Å². The minimum Gasteiger partial charge on any atom is -0.497 e. The van der Waals surface area contributed by atoms with Crippen LogP contribution in [-0.4, -0.2) is 106 Å². The maximum absolute atomic E-state index is 14.1. The van der Waals surface area contributed by atoms with Crippen LogP contribution in [0.1, 0.15) is 52.7 Å². The number of phosphoric ester groups is 1. The molecule has 0 bridgehead atoms. The lowest BCUT2D eigenvalue weighted by atomic mass is 10.0. The lowest BCUT2D eigenvalue weighted by Gasteiger charge is -2.24. The molecule has 2 aromatic carbocycles. The molecule has 0 aliphatic carbocycles. The van der Waals surface area contributed by atoms with Gasteiger partial charge in [-0.25, -0.2) is 4.57 Å². The van der Waals surface area contributed by atoms with Crippen LogP contribution in [0, 0.1) is 0 Å². The number of likely N-dealkylation sites (N-methyl/N-ethyl adjacent to an activating group) is 3. The summed E-state index contributed by atoms with van der Waals surface area (Å²) < 4.78 is 48.8. The van der Waals surface area contributed by atoms with Crippen molar-refractivity contribution in [3.8, 4) is 11.5 Å². The van der Waals surface area contributed by atoms with Crippen LogP contribution in [0.2, 0.25) is 0 Å². The predicted octanol–water partition coefficient (Wildman–Crippen LogP) is 7.64. The number of hydrogen-bond acceptors (Lipinski definition) is 10. The Morgan fingerprint density at radius 3 is 1.89 bits per heavy atom. The second-order valence-electron chi connectivity index (χ2n) is 12.2. The van der Waals surface area contributed by atoms with Crippen molar-refractivity contribution in [3.63, 3.8) is 0 Å².